The van der Waals surface area contributed by atoms with Crippen molar-refractivity contribution in [1.29, 1.82) is 0 Å². The van der Waals surface area contributed by atoms with Crippen molar-refractivity contribution in [2.75, 3.05) is 12.4 Å². The van der Waals surface area contributed by atoms with E-state index in [1.807, 2.05) is 30.3 Å². The Bertz CT molecular complexity index is 993. The summed E-state index contributed by atoms with van der Waals surface area (Å²) in [7, 11) is 1.41. The van der Waals surface area contributed by atoms with Crippen molar-refractivity contribution < 1.29 is 18.9 Å². The number of methoxy groups -OCH3 is 1. The molecule has 0 aliphatic heterocycles. The molecule has 9 nitrogen and oxygen atoms in total. The van der Waals surface area contributed by atoms with Crippen LogP contribution in [-0.4, -0.2) is 33.4 Å². The monoisotopic (exact) mass is 400 g/mol. The molecule has 3 rings (SSSR count). The molecule has 144 valence electrons. The van der Waals surface area contributed by atoms with Crippen LogP contribution < -0.4 is 10.1 Å². The summed E-state index contributed by atoms with van der Waals surface area (Å²) in [6.45, 7) is 1.64. The van der Waals surface area contributed by atoms with Gasteiger partial charge in [-0.15, -0.1) is 10.2 Å². The van der Waals surface area contributed by atoms with E-state index < -0.39 is 16.1 Å². The summed E-state index contributed by atoms with van der Waals surface area (Å²) in [4.78, 5) is 23.1. The predicted octanol–water partition coefficient (Wildman–Crippen LogP) is 3.77. The minimum atomic E-state index is -0.620. The fourth-order valence-corrected chi connectivity index (χ4v) is 2.97. The zero-order chi connectivity index (χ0) is 20.1. The second-order valence-electron chi connectivity index (χ2n) is 5.63. The van der Waals surface area contributed by atoms with Crippen LogP contribution in [0.2, 0.25) is 0 Å². The van der Waals surface area contributed by atoms with E-state index in [2.05, 4.69) is 15.5 Å². The molecule has 0 unspecified atom stereocenters. The highest BCUT2D eigenvalue weighted by molar-refractivity contribution is 8.00. The lowest BCUT2D eigenvalue weighted by Crippen LogP contribution is -2.22. The molecule has 0 bridgehead atoms. The zero-order valence-corrected chi connectivity index (χ0v) is 15.8. The van der Waals surface area contributed by atoms with Gasteiger partial charge in [-0.25, -0.2) is 0 Å². The number of carbonyl (C=O) groups excluding carboxylic acids is 1. The van der Waals surface area contributed by atoms with E-state index in [1.54, 1.807) is 6.92 Å². The van der Waals surface area contributed by atoms with Gasteiger partial charge in [0, 0.05) is 5.56 Å². The van der Waals surface area contributed by atoms with Gasteiger partial charge in [0.1, 0.15) is 11.4 Å². The Hall–Kier alpha value is -3.40. The number of amides is 1. The molecule has 1 atom stereocenters. The topological polar surface area (TPSA) is 120 Å². The quantitative estimate of drug-likeness (QED) is 0.361. The van der Waals surface area contributed by atoms with Crippen LogP contribution in [0.3, 0.4) is 0 Å². The van der Waals surface area contributed by atoms with Gasteiger partial charge in [0.15, 0.2) is 0 Å². The maximum atomic E-state index is 12.4. The number of nitro benzene ring substituents is 1. The molecule has 0 fully saturated rings. The fraction of sp³-hybridized carbons (Fsp3) is 0.167. The van der Waals surface area contributed by atoms with Crippen LogP contribution in [0, 0.1) is 10.1 Å². The van der Waals surface area contributed by atoms with E-state index in [1.165, 1.54) is 25.3 Å². The second kappa shape index (κ2) is 8.53. The lowest BCUT2D eigenvalue weighted by atomic mass is 10.2. The van der Waals surface area contributed by atoms with Gasteiger partial charge in [-0.05, 0) is 31.2 Å². The van der Waals surface area contributed by atoms with Gasteiger partial charge in [0.2, 0.25) is 11.8 Å². The minimum Gasteiger partial charge on any atom is -0.496 e. The smallest absolute Gasteiger partial charge is 0.296 e. The van der Waals surface area contributed by atoms with Gasteiger partial charge in [0.05, 0.1) is 23.3 Å². The van der Waals surface area contributed by atoms with Crippen LogP contribution in [0.4, 0.5) is 11.4 Å². The zero-order valence-electron chi connectivity index (χ0n) is 15.0. The number of anilines is 1. The summed E-state index contributed by atoms with van der Waals surface area (Å²) in [5.74, 6) is 0.241. The Kier molecular flexibility index (Phi) is 5.90. The van der Waals surface area contributed by atoms with Crippen LogP contribution in [0.5, 0.6) is 5.75 Å². The van der Waals surface area contributed by atoms with Crippen LogP contribution in [0.1, 0.15) is 6.92 Å². The van der Waals surface area contributed by atoms with Crippen molar-refractivity contribution in [3.8, 4) is 17.2 Å². The average molecular weight is 400 g/mol. The Morgan fingerprint density at radius 1 is 1.25 bits per heavy atom. The van der Waals surface area contributed by atoms with Crippen LogP contribution in [0.25, 0.3) is 11.5 Å². The first-order valence-electron chi connectivity index (χ1n) is 8.17. The summed E-state index contributed by atoms with van der Waals surface area (Å²) >= 11 is 1.06. The van der Waals surface area contributed by atoms with Crippen LogP contribution >= 0.6 is 11.8 Å². The Balaban J connectivity index is 1.69. The summed E-state index contributed by atoms with van der Waals surface area (Å²) in [6, 6.07) is 13.4. The van der Waals surface area contributed by atoms with Crippen molar-refractivity contribution in [1.82, 2.24) is 10.2 Å². The number of nitrogens with zero attached hydrogens (tertiary/aromatic N) is 3. The van der Waals surface area contributed by atoms with Crippen LogP contribution in [-0.2, 0) is 4.79 Å². The van der Waals surface area contributed by atoms with Gasteiger partial charge in [-0.1, -0.05) is 30.0 Å². The van der Waals surface area contributed by atoms with Crippen molar-refractivity contribution in [2.45, 2.75) is 17.4 Å². The molecule has 1 heterocycles. The van der Waals surface area contributed by atoms with E-state index in [0.29, 0.717) is 11.6 Å². The molecule has 0 spiro atoms. The Labute approximate surface area is 164 Å². The molecule has 10 heteroatoms. The third-order valence-corrected chi connectivity index (χ3v) is 4.67. The van der Waals surface area contributed by atoms with E-state index in [4.69, 9.17) is 9.15 Å². The van der Waals surface area contributed by atoms with E-state index in [-0.39, 0.29) is 16.6 Å². The first-order valence-corrected chi connectivity index (χ1v) is 9.04. The Morgan fingerprint density at radius 3 is 2.68 bits per heavy atom. The van der Waals surface area contributed by atoms with Crippen molar-refractivity contribution in [3.63, 3.8) is 0 Å². The third-order valence-electron chi connectivity index (χ3n) is 3.73. The van der Waals surface area contributed by atoms with Gasteiger partial charge in [-0.2, -0.15) is 0 Å². The number of benzene rings is 2. The highest BCUT2D eigenvalue weighted by atomic mass is 32.2. The minimum absolute atomic E-state index is 0.0822. The summed E-state index contributed by atoms with van der Waals surface area (Å²) < 4.78 is 10.6. The number of hydrogen-bond acceptors (Lipinski definition) is 8. The largest absolute Gasteiger partial charge is 0.496 e. The van der Waals surface area contributed by atoms with Crippen molar-refractivity contribution in [3.05, 3.63) is 58.6 Å². The first kappa shape index (κ1) is 19.4. The number of thioether (sulfide) groups is 1. The summed E-state index contributed by atoms with van der Waals surface area (Å²) in [6.07, 6.45) is 0. The lowest BCUT2D eigenvalue weighted by Gasteiger charge is -2.11. The SMILES string of the molecule is COc1ccc(NC(=O)[C@@H](C)Sc2nnc(-c3ccccc3)o2)c([N+](=O)[O-])c1. The van der Waals surface area contributed by atoms with Gasteiger partial charge in [0.25, 0.3) is 10.9 Å². The molecule has 0 aliphatic rings. The maximum Gasteiger partial charge on any atom is 0.296 e. The van der Waals surface area contributed by atoms with Gasteiger partial charge in [-0.3, -0.25) is 14.9 Å². The molecular weight excluding hydrogens is 384 g/mol. The maximum absolute atomic E-state index is 12.4. The molecule has 3 aromatic rings. The number of nitrogens with one attached hydrogen (secondary N) is 1. The first-order chi connectivity index (χ1) is 13.5. The molecule has 1 amide bonds. The predicted molar refractivity (Wildman–Crippen MR) is 103 cm³/mol. The number of nitro groups is 1. The molecule has 0 aliphatic carbocycles. The van der Waals surface area contributed by atoms with Gasteiger partial charge >= 0.3 is 0 Å². The number of hydrogen-bond donors (Lipinski definition) is 1. The van der Waals surface area contributed by atoms with E-state index in [0.717, 1.165) is 17.3 Å². The van der Waals surface area contributed by atoms with Gasteiger partial charge < -0.3 is 14.5 Å². The van der Waals surface area contributed by atoms with Crippen LogP contribution in [0.15, 0.2) is 58.2 Å². The standard InChI is InChI=1S/C18H16N4O5S/c1-11(28-18-21-20-17(27-18)12-6-4-3-5-7-12)16(23)19-14-9-8-13(26-2)10-15(14)22(24)25/h3-11H,1-2H3,(H,19,23)/t11-/m1/s1. The molecule has 2 aromatic carbocycles. The molecule has 0 radical (unpaired) electrons. The highest BCUT2D eigenvalue weighted by Gasteiger charge is 2.22. The average Bonchev–Trinajstić information content (AvgIpc) is 3.17. The fourth-order valence-electron chi connectivity index (χ4n) is 2.29. The molecule has 28 heavy (non-hydrogen) atoms. The Morgan fingerprint density at radius 2 is 2.00 bits per heavy atom. The van der Waals surface area contributed by atoms with E-state index in [9.17, 15) is 14.9 Å². The van der Waals surface area contributed by atoms with E-state index >= 15 is 0 Å². The molecular formula is C18H16N4O5S. The van der Waals surface area contributed by atoms with Crippen molar-refractivity contribution in [2.24, 2.45) is 0 Å². The highest BCUT2D eigenvalue weighted by Crippen LogP contribution is 2.31. The lowest BCUT2D eigenvalue weighted by molar-refractivity contribution is -0.384. The third kappa shape index (κ3) is 4.46. The number of carbonyl (C=O) groups is 1. The van der Waals surface area contributed by atoms with Crippen molar-refractivity contribution >= 4 is 29.0 Å². The molecule has 0 saturated carbocycles. The number of ether oxygens (including phenoxy) is 1. The molecule has 1 N–H and O–H groups in total. The molecule has 1 aromatic heterocycles. The second-order valence-corrected chi connectivity index (χ2v) is 6.92. The normalized spacial score (nSPS) is 11.6. The number of rotatable bonds is 7. The number of aromatic nitrogens is 2. The molecule has 0 saturated heterocycles. The summed E-state index contributed by atoms with van der Waals surface area (Å²) in [5.41, 5.74) is 0.598. The summed E-state index contributed by atoms with van der Waals surface area (Å²) in [5, 5.41) is 21.3.